The number of hydrogen-bond acceptors (Lipinski definition) is 8. The Bertz CT molecular complexity index is 303. The van der Waals surface area contributed by atoms with E-state index in [1.54, 1.807) is 0 Å². The lowest BCUT2D eigenvalue weighted by molar-refractivity contribution is -0.139. The van der Waals surface area contributed by atoms with Crippen LogP contribution in [0.4, 0.5) is 0 Å². The number of aliphatic hydroxyl groups excluding tert-OH is 3. The zero-order chi connectivity index (χ0) is 22.0. The zero-order valence-electron chi connectivity index (χ0n) is 17.0. The second-order valence-corrected chi connectivity index (χ2v) is 5.86. The van der Waals surface area contributed by atoms with Crippen LogP contribution in [0.25, 0.3) is 0 Å². The summed E-state index contributed by atoms with van der Waals surface area (Å²) in [4.78, 5) is 19.8. The summed E-state index contributed by atoms with van der Waals surface area (Å²) >= 11 is 0. The molecule has 0 amide bonds. The Morgan fingerprint density at radius 1 is 0.679 bits per heavy atom. The number of unbranched alkanes of at least 4 members (excludes halogenated alkanes) is 1. The number of ether oxygens (including phenoxy) is 3. The monoisotopic (exact) mass is 414 g/mol. The van der Waals surface area contributed by atoms with Crippen LogP contribution in [0.15, 0.2) is 0 Å². The van der Waals surface area contributed by atoms with E-state index in [-0.39, 0.29) is 32.7 Å². The molecule has 0 aliphatic heterocycles. The van der Waals surface area contributed by atoms with E-state index in [4.69, 9.17) is 35.0 Å². The van der Waals surface area contributed by atoms with Gasteiger partial charge in [-0.3, -0.25) is 9.59 Å². The third-order valence-electron chi connectivity index (χ3n) is 2.56. The first kappa shape index (κ1) is 31.4. The van der Waals surface area contributed by atoms with Crippen molar-refractivity contribution in [3.8, 4) is 0 Å². The molecule has 5 N–H and O–H groups in total. The summed E-state index contributed by atoms with van der Waals surface area (Å²) in [7, 11) is 0. The number of carboxylic acid groups (broad SMARTS) is 2. The largest absolute Gasteiger partial charge is 0.481 e. The lowest BCUT2D eigenvalue weighted by Crippen LogP contribution is -2.10. The quantitative estimate of drug-likeness (QED) is 0.223. The fourth-order valence-electron chi connectivity index (χ4n) is 1.39. The number of hydrogen-bond donors (Lipinski definition) is 5. The van der Waals surface area contributed by atoms with Crippen LogP contribution in [-0.2, 0) is 23.8 Å². The van der Waals surface area contributed by atoms with Crippen LogP contribution in [0.5, 0.6) is 0 Å². The summed E-state index contributed by atoms with van der Waals surface area (Å²) in [6.45, 7) is 7.38. The second-order valence-electron chi connectivity index (χ2n) is 5.86. The van der Waals surface area contributed by atoms with Crippen LogP contribution < -0.4 is 0 Å². The zero-order valence-corrected chi connectivity index (χ0v) is 17.0. The maximum absolute atomic E-state index is 9.90. The van der Waals surface area contributed by atoms with Crippen molar-refractivity contribution in [2.75, 3.05) is 59.5 Å². The molecule has 0 fully saturated rings. The lowest BCUT2D eigenvalue weighted by atomic mass is 10.2. The second kappa shape index (κ2) is 27.9. The van der Waals surface area contributed by atoms with E-state index in [1.165, 1.54) is 0 Å². The summed E-state index contributed by atoms with van der Waals surface area (Å²) in [5.74, 6) is -1.16. The maximum atomic E-state index is 9.90. The highest BCUT2D eigenvalue weighted by atomic mass is 16.5. The smallest absolute Gasteiger partial charge is 0.303 e. The van der Waals surface area contributed by atoms with Gasteiger partial charge in [-0.2, -0.15) is 0 Å². The molecule has 0 aromatic carbocycles. The Balaban J connectivity index is -0.000000343. The molecule has 0 aromatic rings. The van der Waals surface area contributed by atoms with Gasteiger partial charge in [0.2, 0.25) is 0 Å². The molecular weight excluding hydrogens is 376 g/mol. The minimum absolute atomic E-state index is 0.0278. The van der Waals surface area contributed by atoms with Crippen molar-refractivity contribution in [1.82, 2.24) is 0 Å². The van der Waals surface area contributed by atoms with Crippen LogP contribution in [0.3, 0.4) is 0 Å². The van der Waals surface area contributed by atoms with Crippen LogP contribution in [0.2, 0.25) is 0 Å². The van der Waals surface area contributed by atoms with Gasteiger partial charge in [0.15, 0.2) is 0 Å². The first-order valence-electron chi connectivity index (χ1n) is 9.31. The third kappa shape index (κ3) is 44.3. The standard InChI is InChI=1S/C8H18O3.C6H10O4.C4H10O3/c1-8(2)7-11-6-5-10-4-3-9;7-5(8)3-1-2-4-6(9)10;5-1-3-7-4-2-6/h8-9H,3-7H2,1-2H3;1-4H2,(H,7,8)(H,9,10);5-6H,1-4H2. The van der Waals surface area contributed by atoms with E-state index in [0.29, 0.717) is 51.8 Å². The Labute approximate surface area is 167 Å². The first-order chi connectivity index (χ1) is 13.3. The van der Waals surface area contributed by atoms with Gasteiger partial charge in [-0.05, 0) is 18.8 Å². The molecule has 0 bridgehead atoms. The molecule has 0 unspecified atom stereocenters. The molecule has 0 saturated heterocycles. The molecule has 0 heterocycles. The van der Waals surface area contributed by atoms with Crippen molar-refractivity contribution >= 4 is 11.9 Å². The SMILES string of the molecule is CC(C)COCCOCCO.O=C(O)CCCCC(=O)O.OCCOCCO. The van der Waals surface area contributed by atoms with Crippen molar-refractivity contribution < 1.29 is 49.3 Å². The van der Waals surface area contributed by atoms with Gasteiger partial charge in [0, 0.05) is 19.4 Å². The molecule has 10 nitrogen and oxygen atoms in total. The molecule has 0 rings (SSSR count). The van der Waals surface area contributed by atoms with Crippen LogP contribution in [-0.4, -0.2) is 96.9 Å². The predicted octanol–water partition coefficient (Wildman–Crippen LogP) is 0.372. The van der Waals surface area contributed by atoms with Gasteiger partial charge in [0.25, 0.3) is 0 Å². The summed E-state index contributed by atoms with van der Waals surface area (Å²) in [5, 5.41) is 40.8. The van der Waals surface area contributed by atoms with Crippen molar-refractivity contribution in [2.45, 2.75) is 39.5 Å². The summed E-state index contributed by atoms with van der Waals surface area (Å²) in [6.07, 6.45) is 1.02. The fourth-order valence-corrected chi connectivity index (χ4v) is 1.39. The van der Waals surface area contributed by atoms with E-state index in [2.05, 4.69) is 18.6 Å². The van der Waals surface area contributed by atoms with Crippen LogP contribution in [0, 0.1) is 5.92 Å². The van der Waals surface area contributed by atoms with Gasteiger partial charge in [-0.15, -0.1) is 0 Å². The molecule has 0 spiro atoms. The van der Waals surface area contributed by atoms with Gasteiger partial charge in [-0.1, -0.05) is 13.8 Å². The number of rotatable bonds is 16. The van der Waals surface area contributed by atoms with Gasteiger partial charge >= 0.3 is 11.9 Å². The maximum Gasteiger partial charge on any atom is 0.303 e. The van der Waals surface area contributed by atoms with Crippen molar-refractivity contribution in [1.29, 1.82) is 0 Å². The molecule has 0 radical (unpaired) electrons. The van der Waals surface area contributed by atoms with Gasteiger partial charge in [0.05, 0.1) is 52.9 Å². The van der Waals surface area contributed by atoms with Crippen molar-refractivity contribution in [2.24, 2.45) is 5.92 Å². The number of aliphatic hydroxyl groups is 3. The minimum atomic E-state index is -0.870. The van der Waals surface area contributed by atoms with Crippen LogP contribution in [0.1, 0.15) is 39.5 Å². The molecule has 0 aliphatic rings. The molecule has 170 valence electrons. The highest BCUT2D eigenvalue weighted by Gasteiger charge is 1.99. The number of carbonyl (C=O) groups is 2. The average Bonchev–Trinajstić information content (AvgIpc) is 2.63. The molecular formula is C18H38O10. The Kier molecular flexibility index (Phi) is 31.3. The molecule has 0 saturated carbocycles. The normalized spacial score (nSPS) is 9.93. The molecule has 0 atom stereocenters. The van der Waals surface area contributed by atoms with E-state index in [0.717, 1.165) is 6.61 Å². The Hall–Kier alpha value is -1.30. The number of aliphatic carboxylic acids is 2. The Morgan fingerprint density at radius 3 is 1.36 bits per heavy atom. The van der Waals surface area contributed by atoms with Crippen LogP contribution >= 0.6 is 0 Å². The van der Waals surface area contributed by atoms with Gasteiger partial charge in [-0.25, -0.2) is 0 Å². The van der Waals surface area contributed by atoms with Gasteiger partial charge < -0.3 is 39.7 Å². The number of carboxylic acids is 2. The molecule has 28 heavy (non-hydrogen) atoms. The third-order valence-corrected chi connectivity index (χ3v) is 2.56. The van der Waals surface area contributed by atoms with E-state index < -0.39 is 11.9 Å². The highest BCUT2D eigenvalue weighted by molar-refractivity contribution is 5.67. The fraction of sp³-hybridized carbons (Fsp3) is 0.889. The van der Waals surface area contributed by atoms with E-state index >= 15 is 0 Å². The first-order valence-corrected chi connectivity index (χ1v) is 9.31. The summed E-state index contributed by atoms with van der Waals surface area (Å²) < 4.78 is 14.9. The summed E-state index contributed by atoms with van der Waals surface area (Å²) in [5.41, 5.74) is 0. The minimum Gasteiger partial charge on any atom is -0.481 e. The predicted molar refractivity (Wildman–Crippen MR) is 102 cm³/mol. The molecule has 0 aliphatic carbocycles. The molecule has 0 aromatic heterocycles. The van der Waals surface area contributed by atoms with E-state index in [1.807, 2.05) is 0 Å². The Morgan fingerprint density at radius 2 is 1.04 bits per heavy atom. The van der Waals surface area contributed by atoms with Crippen molar-refractivity contribution in [3.05, 3.63) is 0 Å². The lowest BCUT2D eigenvalue weighted by Gasteiger charge is -2.06. The summed E-state index contributed by atoms with van der Waals surface area (Å²) in [6, 6.07) is 0. The average molecular weight is 414 g/mol. The molecule has 10 heteroatoms. The van der Waals surface area contributed by atoms with E-state index in [9.17, 15) is 9.59 Å². The topological polar surface area (TPSA) is 163 Å². The highest BCUT2D eigenvalue weighted by Crippen LogP contribution is 1.98. The van der Waals surface area contributed by atoms with Gasteiger partial charge in [0.1, 0.15) is 0 Å². The van der Waals surface area contributed by atoms with Crippen molar-refractivity contribution in [3.63, 3.8) is 0 Å².